The lowest BCUT2D eigenvalue weighted by Gasteiger charge is -2.22. The van der Waals surface area contributed by atoms with Crippen molar-refractivity contribution in [2.45, 2.75) is 31.8 Å². The van der Waals surface area contributed by atoms with Gasteiger partial charge in [-0.25, -0.2) is 9.89 Å². The third-order valence-corrected chi connectivity index (χ3v) is 3.06. The van der Waals surface area contributed by atoms with Gasteiger partial charge in [0.05, 0.1) is 5.60 Å². The summed E-state index contributed by atoms with van der Waals surface area (Å²) in [4.78, 5) is 26.4. The molecule has 0 aliphatic carbocycles. The summed E-state index contributed by atoms with van der Waals surface area (Å²) >= 11 is 0. The van der Waals surface area contributed by atoms with Crippen LogP contribution in [0.1, 0.15) is 26.2 Å². The maximum Gasteiger partial charge on any atom is 0.342 e. The van der Waals surface area contributed by atoms with Gasteiger partial charge >= 0.3 is 5.69 Å². The van der Waals surface area contributed by atoms with E-state index in [-0.39, 0.29) is 5.82 Å². The van der Waals surface area contributed by atoms with Crippen LogP contribution < -0.4 is 16.1 Å². The summed E-state index contributed by atoms with van der Waals surface area (Å²) in [6, 6.07) is 0. The van der Waals surface area contributed by atoms with Crippen molar-refractivity contribution < 1.29 is 5.11 Å². The molecular weight excluding hydrogens is 224 g/mol. The summed E-state index contributed by atoms with van der Waals surface area (Å²) < 4.78 is 0. The average molecular weight is 240 g/mol. The first-order valence-electron chi connectivity index (χ1n) is 5.64. The van der Waals surface area contributed by atoms with Gasteiger partial charge in [0.25, 0.3) is 5.56 Å². The van der Waals surface area contributed by atoms with Crippen LogP contribution in [0.2, 0.25) is 0 Å². The summed E-state index contributed by atoms with van der Waals surface area (Å²) in [6.45, 7) is 2.99. The van der Waals surface area contributed by atoms with Gasteiger partial charge < -0.3 is 10.0 Å². The third kappa shape index (κ3) is 2.73. The Balaban J connectivity index is 2.23. The number of aliphatic hydroxyl groups is 1. The van der Waals surface area contributed by atoms with Crippen molar-refractivity contribution >= 4 is 5.82 Å². The summed E-state index contributed by atoms with van der Waals surface area (Å²) in [6.07, 6.45) is 2.06. The molecule has 0 radical (unpaired) electrons. The number of H-pyrrole nitrogens is 2. The van der Waals surface area contributed by atoms with Crippen LogP contribution in [0.15, 0.2) is 9.59 Å². The molecule has 1 fully saturated rings. The van der Waals surface area contributed by atoms with Gasteiger partial charge in [-0.15, -0.1) is 5.10 Å². The lowest BCUT2D eigenvalue weighted by atomic mass is 9.98. The lowest BCUT2D eigenvalue weighted by molar-refractivity contribution is 0.0481. The molecule has 1 saturated heterocycles. The van der Waals surface area contributed by atoms with E-state index in [0.29, 0.717) is 25.9 Å². The van der Waals surface area contributed by atoms with E-state index in [4.69, 9.17) is 0 Å². The van der Waals surface area contributed by atoms with Gasteiger partial charge in [-0.05, 0) is 26.2 Å². The summed E-state index contributed by atoms with van der Waals surface area (Å²) in [5.74, 6) is 0.210. The summed E-state index contributed by atoms with van der Waals surface area (Å²) in [7, 11) is 0. The predicted octanol–water partition coefficient (Wildman–Crippen LogP) is -0.800. The number of aromatic nitrogens is 3. The molecule has 1 aliphatic heterocycles. The second kappa shape index (κ2) is 4.33. The van der Waals surface area contributed by atoms with Crippen LogP contribution in [0.4, 0.5) is 5.82 Å². The van der Waals surface area contributed by atoms with Crippen molar-refractivity contribution in [3.63, 3.8) is 0 Å². The SMILES string of the molecule is CC1(O)CCCN(c2n[nH]c(=O)[nH]c2=O)CC1. The van der Waals surface area contributed by atoms with Crippen molar-refractivity contribution in [3.8, 4) is 0 Å². The fraction of sp³-hybridized carbons (Fsp3) is 0.700. The van der Waals surface area contributed by atoms with Gasteiger partial charge in [-0.1, -0.05) is 0 Å². The monoisotopic (exact) mass is 240 g/mol. The van der Waals surface area contributed by atoms with Gasteiger partial charge in [0, 0.05) is 13.1 Å². The lowest BCUT2D eigenvalue weighted by Crippen LogP contribution is -2.36. The molecule has 1 aromatic heterocycles. The number of hydrogen-bond donors (Lipinski definition) is 3. The van der Waals surface area contributed by atoms with E-state index in [9.17, 15) is 14.7 Å². The molecule has 1 unspecified atom stereocenters. The van der Waals surface area contributed by atoms with E-state index < -0.39 is 16.9 Å². The maximum absolute atomic E-state index is 11.6. The Bertz CT molecular complexity index is 505. The van der Waals surface area contributed by atoms with Gasteiger partial charge in [0.1, 0.15) is 0 Å². The van der Waals surface area contributed by atoms with Crippen molar-refractivity contribution in [2.24, 2.45) is 0 Å². The molecule has 94 valence electrons. The molecular formula is C10H16N4O3. The minimum Gasteiger partial charge on any atom is -0.390 e. The van der Waals surface area contributed by atoms with Crippen molar-refractivity contribution in [2.75, 3.05) is 18.0 Å². The zero-order valence-corrected chi connectivity index (χ0v) is 9.69. The van der Waals surface area contributed by atoms with Crippen LogP contribution >= 0.6 is 0 Å². The molecule has 0 amide bonds. The first-order chi connectivity index (χ1) is 7.98. The van der Waals surface area contributed by atoms with Crippen LogP contribution in [0.5, 0.6) is 0 Å². The van der Waals surface area contributed by atoms with E-state index in [1.165, 1.54) is 0 Å². The summed E-state index contributed by atoms with van der Waals surface area (Å²) in [5.41, 5.74) is -1.79. The Labute approximate surface area is 97.5 Å². The number of nitrogens with zero attached hydrogens (tertiary/aromatic N) is 2. The largest absolute Gasteiger partial charge is 0.390 e. The van der Waals surface area contributed by atoms with Crippen LogP contribution in [0.3, 0.4) is 0 Å². The molecule has 0 spiro atoms. The molecule has 3 N–H and O–H groups in total. The van der Waals surface area contributed by atoms with E-state index in [1.807, 2.05) is 0 Å². The Morgan fingerprint density at radius 3 is 2.82 bits per heavy atom. The molecule has 7 heteroatoms. The molecule has 1 atom stereocenters. The highest BCUT2D eigenvalue weighted by atomic mass is 16.3. The molecule has 7 nitrogen and oxygen atoms in total. The zero-order valence-electron chi connectivity index (χ0n) is 9.69. The molecule has 17 heavy (non-hydrogen) atoms. The number of aromatic amines is 2. The standard InChI is InChI=1S/C10H16N4O3/c1-10(17)3-2-5-14(6-4-10)7-8(15)11-9(16)13-12-7/h17H,2-6H2,1H3,(H2,11,13,15,16). The molecule has 2 heterocycles. The quantitative estimate of drug-likeness (QED) is 0.596. The van der Waals surface area contributed by atoms with Crippen molar-refractivity contribution in [1.29, 1.82) is 0 Å². The first-order valence-corrected chi connectivity index (χ1v) is 5.64. The van der Waals surface area contributed by atoms with Crippen molar-refractivity contribution in [1.82, 2.24) is 15.2 Å². The van der Waals surface area contributed by atoms with Crippen LogP contribution in [-0.2, 0) is 0 Å². The Hall–Kier alpha value is -1.63. The van der Waals surface area contributed by atoms with Gasteiger partial charge in [-0.2, -0.15) is 0 Å². The van der Waals surface area contributed by atoms with Crippen molar-refractivity contribution in [3.05, 3.63) is 20.8 Å². The zero-order chi connectivity index (χ0) is 12.5. The second-order valence-corrected chi connectivity index (χ2v) is 4.67. The van der Waals surface area contributed by atoms with Gasteiger partial charge in [-0.3, -0.25) is 9.78 Å². The second-order valence-electron chi connectivity index (χ2n) is 4.67. The van der Waals surface area contributed by atoms with Crippen LogP contribution in [-0.4, -0.2) is 39.0 Å². The Kier molecular flexibility index (Phi) is 3.01. The van der Waals surface area contributed by atoms with Crippen LogP contribution in [0.25, 0.3) is 0 Å². The fourth-order valence-electron chi connectivity index (χ4n) is 2.03. The Morgan fingerprint density at radius 2 is 2.12 bits per heavy atom. The van der Waals surface area contributed by atoms with E-state index >= 15 is 0 Å². The number of anilines is 1. The number of rotatable bonds is 1. The van der Waals surface area contributed by atoms with Gasteiger partial charge in [0.2, 0.25) is 5.82 Å². The Morgan fingerprint density at radius 1 is 1.35 bits per heavy atom. The minimum atomic E-state index is -0.691. The predicted molar refractivity (Wildman–Crippen MR) is 62.2 cm³/mol. The highest BCUT2D eigenvalue weighted by Gasteiger charge is 2.26. The summed E-state index contributed by atoms with van der Waals surface area (Å²) in [5, 5.41) is 15.9. The normalized spacial score (nSPS) is 25.6. The van der Waals surface area contributed by atoms with E-state index in [0.717, 1.165) is 6.42 Å². The molecule has 0 saturated carbocycles. The van der Waals surface area contributed by atoms with E-state index in [2.05, 4.69) is 15.2 Å². The molecule has 1 aromatic rings. The highest BCUT2D eigenvalue weighted by Crippen LogP contribution is 2.22. The maximum atomic E-state index is 11.6. The highest BCUT2D eigenvalue weighted by molar-refractivity contribution is 5.34. The van der Waals surface area contributed by atoms with E-state index in [1.54, 1.807) is 11.8 Å². The van der Waals surface area contributed by atoms with Crippen LogP contribution in [0, 0.1) is 0 Å². The third-order valence-electron chi connectivity index (χ3n) is 3.06. The molecule has 0 bridgehead atoms. The smallest absolute Gasteiger partial charge is 0.342 e. The molecule has 0 aromatic carbocycles. The topological polar surface area (TPSA) is 102 Å². The molecule has 2 rings (SSSR count). The number of nitrogens with one attached hydrogen (secondary N) is 2. The fourth-order valence-corrected chi connectivity index (χ4v) is 2.03. The average Bonchev–Trinajstić information content (AvgIpc) is 2.40. The minimum absolute atomic E-state index is 0.210. The number of hydrogen-bond acceptors (Lipinski definition) is 5. The molecule has 1 aliphatic rings. The van der Waals surface area contributed by atoms with Gasteiger partial charge in [0.15, 0.2) is 0 Å². The first kappa shape index (κ1) is 11.8.